The Kier molecular flexibility index (Phi) is 5.36. The van der Waals surface area contributed by atoms with Gasteiger partial charge in [-0.3, -0.25) is 4.79 Å². The molecule has 0 aliphatic carbocycles. The molecule has 3 aromatic rings. The molecule has 0 saturated heterocycles. The molecular formula is C19H15FN4O3. The number of anilines is 3. The Balaban J connectivity index is 1.73. The summed E-state index contributed by atoms with van der Waals surface area (Å²) in [6, 6.07) is 13.5. The molecule has 0 fully saturated rings. The van der Waals surface area contributed by atoms with Gasteiger partial charge in [0.25, 0.3) is 5.91 Å². The van der Waals surface area contributed by atoms with Gasteiger partial charge in [0.1, 0.15) is 23.7 Å². The van der Waals surface area contributed by atoms with E-state index in [2.05, 4.69) is 25.3 Å². The minimum absolute atomic E-state index is 0.123. The summed E-state index contributed by atoms with van der Waals surface area (Å²) < 4.78 is 17.6. The number of nitrogens with one attached hydrogen (secondary N) is 2. The van der Waals surface area contributed by atoms with Crippen LogP contribution in [0.3, 0.4) is 0 Å². The zero-order valence-electron chi connectivity index (χ0n) is 14.3. The molecule has 1 aromatic heterocycles. The topological polar surface area (TPSA) is 93.2 Å². The molecule has 0 saturated carbocycles. The molecule has 0 bridgehead atoms. The van der Waals surface area contributed by atoms with Crippen molar-refractivity contribution in [3.8, 4) is 0 Å². The summed E-state index contributed by atoms with van der Waals surface area (Å²) in [4.78, 5) is 32.0. The quantitative estimate of drug-likeness (QED) is 0.672. The maximum atomic E-state index is 13.0. The van der Waals surface area contributed by atoms with Crippen molar-refractivity contribution in [1.29, 1.82) is 0 Å². The van der Waals surface area contributed by atoms with Crippen molar-refractivity contribution in [2.24, 2.45) is 0 Å². The van der Waals surface area contributed by atoms with Crippen LogP contribution in [0.2, 0.25) is 0 Å². The van der Waals surface area contributed by atoms with Gasteiger partial charge in [-0.05, 0) is 42.5 Å². The number of carbonyl (C=O) groups excluding carboxylic acids is 2. The second-order valence-corrected chi connectivity index (χ2v) is 5.45. The number of methoxy groups -OCH3 is 1. The van der Waals surface area contributed by atoms with E-state index in [-0.39, 0.29) is 11.5 Å². The second kappa shape index (κ2) is 8.05. The molecule has 136 valence electrons. The predicted octanol–water partition coefficient (Wildman–Crippen LogP) is 3.40. The Morgan fingerprint density at radius 2 is 1.78 bits per heavy atom. The smallest absolute Gasteiger partial charge is 0.337 e. The first-order valence-corrected chi connectivity index (χ1v) is 7.89. The van der Waals surface area contributed by atoms with Gasteiger partial charge < -0.3 is 15.4 Å². The molecule has 0 radical (unpaired) electrons. The molecule has 1 heterocycles. The molecule has 0 atom stereocenters. The largest absolute Gasteiger partial charge is 0.465 e. The second-order valence-electron chi connectivity index (χ2n) is 5.45. The Bertz CT molecular complexity index is 977. The number of amides is 1. The number of halogens is 1. The highest BCUT2D eigenvalue weighted by Crippen LogP contribution is 2.16. The minimum atomic E-state index is -0.501. The zero-order valence-corrected chi connectivity index (χ0v) is 14.3. The van der Waals surface area contributed by atoms with Crippen LogP contribution in [-0.2, 0) is 4.74 Å². The normalized spacial score (nSPS) is 10.1. The van der Waals surface area contributed by atoms with Crippen molar-refractivity contribution in [2.45, 2.75) is 0 Å². The minimum Gasteiger partial charge on any atom is -0.465 e. The lowest BCUT2D eigenvalue weighted by molar-refractivity contribution is 0.0600. The van der Waals surface area contributed by atoms with E-state index in [1.807, 2.05) is 0 Å². The number of ether oxygens (including phenoxy) is 1. The van der Waals surface area contributed by atoms with E-state index in [0.717, 1.165) is 0 Å². The Hall–Kier alpha value is -3.81. The molecule has 2 N–H and O–H groups in total. The van der Waals surface area contributed by atoms with Gasteiger partial charge in [0, 0.05) is 17.4 Å². The maximum absolute atomic E-state index is 13.0. The summed E-state index contributed by atoms with van der Waals surface area (Å²) in [6.45, 7) is 0. The first kappa shape index (κ1) is 18.0. The standard InChI is InChI=1S/C19H15FN4O3/c1-27-19(26)12-3-2-4-15(9-12)24-18(25)16-10-17(22-11-21-16)23-14-7-5-13(20)6-8-14/h2-11H,1H3,(H,24,25)(H,21,22,23). The fraction of sp³-hybridized carbons (Fsp3) is 0.0526. The summed E-state index contributed by atoms with van der Waals surface area (Å²) in [6.07, 6.45) is 1.24. The van der Waals surface area contributed by atoms with Gasteiger partial charge in [-0.2, -0.15) is 0 Å². The van der Waals surface area contributed by atoms with Gasteiger partial charge in [-0.15, -0.1) is 0 Å². The Labute approximate surface area is 154 Å². The Morgan fingerprint density at radius 3 is 2.52 bits per heavy atom. The molecule has 8 heteroatoms. The van der Waals surface area contributed by atoms with Crippen LogP contribution in [0.5, 0.6) is 0 Å². The van der Waals surface area contributed by atoms with E-state index in [9.17, 15) is 14.0 Å². The zero-order chi connectivity index (χ0) is 19.2. The Morgan fingerprint density at radius 1 is 1.00 bits per heavy atom. The summed E-state index contributed by atoms with van der Waals surface area (Å²) in [5.41, 5.74) is 1.48. The van der Waals surface area contributed by atoms with Crippen LogP contribution in [0.25, 0.3) is 0 Å². The molecule has 0 spiro atoms. The van der Waals surface area contributed by atoms with E-state index in [0.29, 0.717) is 22.8 Å². The molecule has 2 aromatic carbocycles. The number of hydrogen-bond acceptors (Lipinski definition) is 6. The highest BCUT2D eigenvalue weighted by Gasteiger charge is 2.11. The third-order valence-electron chi connectivity index (χ3n) is 3.56. The lowest BCUT2D eigenvalue weighted by atomic mass is 10.2. The fourth-order valence-corrected chi connectivity index (χ4v) is 2.27. The number of esters is 1. The number of nitrogens with zero attached hydrogens (tertiary/aromatic N) is 2. The van der Waals surface area contributed by atoms with E-state index in [4.69, 9.17) is 0 Å². The van der Waals surface area contributed by atoms with Crippen LogP contribution in [0.1, 0.15) is 20.8 Å². The highest BCUT2D eigenvalue weighted by molar-refractivity contribution is 6.04. The van der Waals surface area contributed by atoms with Gasteiger partial charge >= 0.3 is 5.97 Å². The van der Waals surface area contributed by atoms with Gasteiger partial charge in [-0.25, -0.2) is 19.2 Å². The van der Waals surface area contributed by atoms with Crippen molar-refractivity contribution in [3.05, 3.63) is 78.0 Å². The number of hydrogen-bond donors (Lipinski definition) is 2. The van der Waals surface area contributed by atoms with E-state index >= 15 is 0 Å². The average Bonchev–Trinajstić information content (AvgIpc) is 2.69. The number of carbonyl (C=O) groups is 2. The first-order chi connectivity index (χ1) is 13.0. The van der Waals surface area contributed by atoms with Gasteiger partial charge in [-0.1, -0.05) is 6.07 Å². The van der Waals surface area contributed by atoms with Crippen LogP contribution in [0.15, 0.2) is 60.9 Å². The number of aromatic nitrogens is 2. The van der Waals surface area contributed by atoms with Gasteiger partial charge in [0.15, 0.2) is 0 Å². The highest BCUT2D eigenvalue weighted by atomic mass is 19.1. The first-order valence-electron chi connectivity index (χ1n) is 7.89. The maximum Gasteiger partial charge on any atom is 0.337 e. The van der Waals surface area contributed by atoms with Crippen LogP contribution in [-0.4, -0.2) is 29.0 Å². The molecule has 7 nitrogen and oxygen atoms in total. The summed E-state index contributed by atoms with van der Waals surface area (Å²) in [7, 11) is 1.28. The van der Waals surface area contributed by atoms with Crippen LogP contribution < -0.4 is 10.6 Å². The van der Waals surface area contributed by atoms with E-state index < -0.39 is 11.9 Å². The SMILES string of the molecule is COC(=O)c1cccc(NC(=O)c2cc(Nc3ccc(F)cc3)ncn2)c1. The van der Waals surface area contributed by atoms with Crippen LogP contribution >= 0.6 is 0 Å². The van der Waals surface area contributed by atoms with Crippen molar-refractivity contribution in [1.82, 2.24) is 9.97 Å². The van der Waals surface area contributed by atoms with Crippen LogP contribution in [0, 0.1) is 5.82 Å². The monoisotopic (exact) mass is 366 g/mol. The third-order valence-corrected chi connectivity index (χ3v) is 3.56. The van der Waals surface area contributed by atoms with Crippen LogP contribution in [0.4, 0.5) is 21.6 Å². The lowest BCUT2D eigenvalue weighted by Crippen LogP contribution is -2.15. The lowest BCUT2D eigenvalue weighted by Gasteiger charge is -2.08. The number of benzene rings is 2. The van der Waals surface area contributed by atoms with Crippen molar-refractivity contribution < 1.29 is 18.7 Å². The average molecular weight is 366 g/mol. The van der Waals surface area contributed by atoms with Gasteiger partial charge in [0.2, 0.25) is 0 Å². The third kappa shape index (κ3) is 4.63. The summed E-state index contributed by atoms with van der Waals surface area (Å²) in [5.74, 6) is -0.942. The molecule has 0 aliphatic heterocycles. The molecule has 0 aliphatic rings. The number of rotatable bonds is 5. The van der Waals surface area contributed by atoms with Crippen molar-refractivity contribution in [3.63, 3.8) is 0 Å². The van der Waals surface area contributed by atoms with E-state index in [1.54, 1.807) is 30.3 Å². The summed E-state index contributed by atoms with van der Waals surface area (Å²) >= 11 is 0. The fourth-order valence-electron chi connectivity index (χ4n) is 2.27. The molecule has 1 amide bonds. The predicted molar refractivity (Wildman–Crippen MR) is 97.4 cm³/mol. The summed E-state index contributed by atoms with van der Waals surface area (Å²) in [5, 5.41) is 5.62. The molecule has 3 rings (SSSR count). The van der Waals surface area contributed by atoms with Crippen molar-refractivity contribution >= 4 is 29.1 Å². The van der Waals surface area contributed by atoms with Crippen molar-refractivity contribution in [2.75, 3.05) is 17.7 Å². The van der Waals surface area contributed by atoms with E-state index in [1.165, 1.54) is 37.7 Å². The molecule has 27 heavy (non-hydrogen) atoms. The molecule has 0 unspecified atom stereocenters. The van der Waals surface area contributed by atoms with Gasteiger partial charge in [0.05, 0.1) is 12.7 Å². The molecular weight excluding hydrogens is 351 g/mol.